The predicted octanol–water partition coefficient (Wildman–Crippen LogP) is 4.27. The Kier molecular flexibility index (Phi) is 10.7. The van der Waals surface area contributed by atoms with Crippen molar-refractivity contribution in [1.29, 1.82) is 0 Å². The summed E-state index contributed by atoms with van der Waals surface area (Å²) in [7, 11) is 0. The number of nitrogens with one attached hydrogen (secondary N) is 2. The number of aliphatic imine (C=N–C) groups is 1. The molecule has 0 bridgehead atoms. The molecule has 1 heterocycles. The fourth-order valence-electron chi connectivity index (χ4n) is 2.63. The molecule has 1 aliphatic carbocycles. The number of hydrogen-bond acceptors (Lipinski definition) is 4. The van der Waals surface area contributed by atoms with Crippen LogP contribution < -0.4 is 10.6 Å². The number of aromatic nitrogens is 1. The van der Waals surface area contributed by atoms with E-state index in [1.807, 2.05) is 23.1 Å². The first-order valence-electron chi connectivity index (χ1n) is 9.09. The van der Waals surface area contributed by atoms with Crippen LogP contribution in [0.1, 0.15) is 55.6 Å². The van der Waals surface area contributed by atoms with Gasteiger partial charge in [0, 0.05) is 29.1 Å². The zero-order valence-corrected chi connectivity index (χ0v) is 19.9. The minimum Gasteiger partial charge on any atom is -0.357 e. The molecule has 0 radical (unpaired) electrons. The van der Waals surface area contributed by atoms with Crippen molar-refractivity contribution in [1.82, 2.24) is 15.6 Å². The van der Waals surface area contributed by atoms with Gasteiger partial charge in [0.25, 0.3) is 0 Å². The molecule has 1 aromatic rings. The largest absolute Gasteiger partial charge is 0.357 e. The monoisotopic (exact) mass is 496 g/mol. The molecule has 0 fully saturated rings. The van der Waals surface area contributed by atoms with E-state index in [1.54, 1.807) is 4.88 Å². The van der Waals surface area contributed by atoms with Crippen LogP contribution in [0.5, 0.6) is 0 Å². The topological polar surface area (TPSA) is 49.3 Å². The normalized spacial score (nSPS) is 14.6. The summed E-state index contributed by atoms with van der Waals surface area (Å²) >= 11 is 3.79. The highest BCUT2D eigenvalue weighted by Crippen LogP contribution is 2.27. The summed E-state index contributed by atoms with van der Waals surface area (Å²) < 4.78 is 0.183. The Morgan fingerprint density at radius 2 is 2.04 bits per heavy atom. The van der Waals surface area contributed by atoms with Crippen LogP contribution in [-0.4, -0.2) is 41.6 Å². The van der Waals surface area contributed by atoms with Crippen LogP contribution in [-0.2, 0) is 19.3 Å². The van der Waals surface area contributed by atoms with E-state index in [0.29, 0.717) is 0 Å². The molecule has 0 saturated heterocycles. The van der Waals surface area contributed by atoms with Crippen molar-refractivity contribution >= 4 is 53.0 Å². The average molecular weight is 497 g/mol. The lowest BCUT2D eigenvalue weighted by atomic mass is 10.0. The third-order valence-corrected chi connectivity index (χ3v) is 6.72. The van der Waals surface area contributed by atoms with Gasteiger partial charge in [-0.3, -0.25) is 4.99 Å². The number of guanidine groups is 1. The van der Waals surface area contributed by atoms with Crippen LogP contribution in [0.2, 0.25) is 0 Å². The van der Waals surface area contributed by atoms with Gasteiger partial charge in [0.1, 0.15) is 0 Å². The van der Waals surface area contributed by atoms with Crippen molar-refractivity contribution in [3.63, 3.8) is 0 Å². The summed E-state index contributed by atoms with van der Waals surface area (Å²) in [5.74, 6) is 0.929. The van der Waals surface area contributed by atoms with Gasteiger partial charge in [0.15, 0.2) is 5.96 Å². The molecule has 144 valence electrons. The van der Waals surface area contributed by atoms with Crippen LogP contribution in [0.4, 0.5) is 0 Å². The number of aryl methyl sites for hydroxylation is 3. The minimum atomic E-state index is 0. The Hall–Kier alpha value is -0.0200. The number of nitrogens with zero attached hydrogens (tertiary/aromatic N) is 2. The fraction of sp³-hybridized carbons (Fsp3) is 0.778. The molecule has 0 aliphatic heterocycles. The van der Waals surface area contributed by atoms with Crippen molar-refractivity contribution in [3.8, 4) is 0 Å². The lowest BCUT2D eigenvalue weighted by Gasteiger charge is -2.20. The van der Waals surface area contributed by atoms with Crippen LogP contribution in [0.3, 0.4) is 0 Å². The van der Waals surface area contributed by atoms with Crippen LogP contribution in [0.25, 0.3) is 0 Å². The highest BCUT2D eigenvalue weighted by atomic mass is 127. The second-order valence-corrected chi connectivity index (χ2v) is 9.56. The fourth-order valence-corrected chi connectivity index (χ4v) is 4.03. The second-order valence-electron chi connectivity index (χ2n) is 6.87. The van der Waals surface area contributed by atoms with Gasteiger partial charge >= 0.3 is 0 Å². The van der Waals surface area contributed by atoms with Crippen molar-refractivity contribution in [2.45, 2.75) is 64.0 Å². The molecule has 0 atom stereocenters. The number of fused-ring (bicyclic) bond motifs is 1. The molecule has 4 nitrogen and oxygen atoms in total. The quantitative estimate of drug-likeness (QED) is 0.244. The van der Waals surface area contributed by atoms with Crippen LogP contribution in [0, 0.1) is 0 Å². The van der Waals surface area contributed by atoms with Gasteiger partial charge in [-0.2, -0.15) is 11.8 Å². The molecule has 0 spiro atoms. The zero-order valence-electron chi connectivity index (χ0n) is 16.0. The van der Waals surface area contributed by atoms with E-state index >= 15 is 0 Å². The molecule has 2 N–H and O–H groups in total. The number of halogens is 1. The van der Waals surface area contributed by atoms with E-state index in [0.717, 1.165) is 38.4 Å². The summed E-state index contributed by atoms with van der Waals surface area (Å²) in [4.78, 5) is 11.1. The maximum atomic E-state index is 4.83. The zero-order chi connectivity index (χ0) is 17.4. The first kappa shape index (κ1) is 23.0. The molecular formula is C18H33IN4S2. The van der Waals surface area contributed by atoms with Gasteiger partial charge < -0.3 is 10.6 Å². The maximum Gasteiger partial charge on any atom is 0.191 e. The summed E-state index contributed by atoms with van der Waals surface area (Å²) in [5, 5.41) is 8.10. The van der Waals surface area contributed by atoms with Gasteiger partial charge in [0.2, 0.25) is 0 Å². The summed E-state index contributed by atoms with van der Waals surface area (Å²) in [6.07, 6.45) is 9.39. The third-order valence-electron chi connectivity index (χ3n) is 4.26. The van der Waals surface area contributed by atoms with Gasteiger partial charge in [-0.1, -0.05) is 0 Å². The van der Waals surface area contributed by atoms with Gasteiger partial charge in [-0.15, -0.1) is 35.3 Å². The second kappa shape index (κ2) is 11.6. The summed E-state index contributed by atoms with van der Waals surface area (Å²) in [6, 6.07) is 0. The Morgan fingerprint density at radius 1 is 1.28 bits per heavy atom. The van der Waals surface area contributed by atoms with Crippen LogP contribution in [0.15, 0.2) is 4.99 Å². The highest BCUT2D eigenvalue weighted by Gasteiger charge is 2.16. The molecule has 2 rings (SSSR count). The molecular weight excluding hydrogens is 463 g/mol. The molecule has 0 saturated carbocycles. The first-order chi connectivity index (χ1) is 11.5. The molecule has 1 aliphatic rings. The van der Waals surface area contributed by atoms with E-state index < -0.39 is 0 Å². The van der Waals surface area contributed by atoms with Crippen molar-refractivity contribution in [3.05, 3.63) is 15.6 Å². The SMILES string of the molecule is CCNC(=NCC(C)(C)SC)NCCCc1nc2c(s1)CCCC2.I. The van der Waals surface area contributed by atoms with E-state index in [-0.39, 0.29) is 28.7 Å². The van der Waals surface area contributed by atoms with Gasteiger partial charge in [0.05, 0.1) is 17.2 Å². The number of hydrogen-bond donors (Lipinski definition) is 2. The van der Waals surface area contributed by atoms with E-state index in [9.17, 15) is 0 Å². The lowest BCUT2D eigenvalue weighted by molar-refractivity contribution is 0.677. The third kappa shape index (κ3) is 8.03. The van der Waals surface area contributed by atoms with Crippen molar-refractivity contribution < 1.29 is 0 Å². The highest BCUT2D eigenvalue weighted by molar-refractivity contribution is 14.0. The summed E-state index contributed by atoms with van der Waals surface area (Å²) in [6.45, 7) is 9.23. The number of rotatable bonds is 8. The Morgan fingerprint density at radius 3 is 2.72 bits per heavy atom. The lowest BCUT2D eigenvalue weighted by Crippen LogP contribution is -2.39. The Labute approximate surface area is 178 Å². The molecule has 7 heteroatoms. The molecule has 0 amide bonds. The predicted molar refractivity (Wildman–Crippen MR) is 124 cm³/mol. The Bertz CT molecular complexity index is 520. The molecule has 1 aromatic heterocycles. The molecule has 25 heavy (non-hydrogen) atoms. The van der Waals surface area contributed by atoms with E-state index in [2.05, 4.69) is 37.7 Å². The molecule has 0 aromatic carbocycles. The average Bonchev–Trinajstić information content (AvgIpc) is 2.99. The number of thioether (sulfide) groups is 1. The first-order valence-corrected chi connectivity index (χ1v) is 11.1. The van der Waals surface area contributed by atoms with Crippen molar-refractivity contribution in [2.75, 3.05) is 25.9 Å². The van der Waals surface area contributed by atoms with E-state index in [1.165, 1.54) is 36.4 Å². The number of thiazole rings is 1. The smallest absolute Gasteiger partial charge is 0.191 e. The maximum absolute atomic E-state index is 4.83. The Balaban J connectivity index is 0.00000312. The van der Waals surface area contributed by atoms with E-state index in [4.69, 9.17) is 9.98 Å². The molecule has 0 unspecified atom stereocenters. The standard InChI is InChI=1S/C18H32N4S2.HI/c1-5-19-17(21-13-18(2,3)23-4)20-12-8-11-16-22-14-9-6-7-10-15(14)24-16;/h5-13H2,1-4H3,(H2,19,20,21);1H. The van der Waals surface area contributed by atoms with Gasteiger partial charge in [-0.05, 0) is 59.1 Å². The van der Waals surface area contributed by atoms with Crippen molar-refractivity contribution in [2.24, 2.45) is 4.99 Å². The summed E-state index contributed by atoms with van der Waals surface area (Å²) in [5.41, 5.74) is 1.38. The van der Waals surface area contributed by atoms with Gasteiger partial charge in [-0.25, -0.2) is 4.98 Å². The minimum absolute atomic E-state index is 0. The van der Waals surface area contributed by atoms with Crippen LogP contribution >= 0.6 is 47.1 Å².